The number of ether oxygens (including phenoxy) is 1. The summed E-state index contributed by atoms with van der Waals surface area (Å²) in [6.45, 7) is 4.28. The van der Waals surface area contributed by atoms with Crippen molar-refractivity contribution in [1.82, 2.24) is 0 Å². The Bertz CT molecular complexity index is 697. The van der Waals surface area contributed by atoms with Crippen molar-refractivity contribution >= 4 is 5.78 Å². The van der Waals surface area contributed by atoms with Gasteiger partial charge in [-0.3, -0.25) is 4.79 Å². The smallest absolute Gasteiger partial charge is 0.193 e. The van der Waals surface area contributed by atoms with Gasteiger partial charge in [-0.2, -0.15) is 0 Å². The minimum absolute atomic E-state index is 0.0282. The quantitative estimate of drug-likeness (QED) is 0.649. The fourth-order valence-corrected chi connectivity index (χ4v) is 3.96. The first-order chi connectivity index (χ1) is 11.0. The van der Waals surface area contributed by atoms with E-state index in [9.17, 15) is 9.90 Å². The summed E-state index contributed by atoms with van der Waals surface area (Å²) in [4.78, 5) is 13.1. The van der Waals surface area contributed by atoms with Gasteiger partial charge in [0.2, 0.25) is 0 Å². The predicted molar refractivity (Wildman–Crippen MR) is 90.9 cm³/mol. The Morgan fingerprint density at radius 2 is 2.09 bits per heavy atom. The van der Waals surface area contributed by atoms with E-state index in [2.05, 4.69) is 19.9 Å². The minimum Gasteiger partial charge on any atom is -0.507 e. The van der Waals surface area contributed by atoms with Crippen molar-refractivity contribution in [2.45, 2.75) is 39.5 Å². The molecule has 2 atom stereocenters. The van der Waals surface area contributed by atoms with Gasteiger partial charge in [-0.1, -0.05) is 24.1 Å². The number of phenolic OH excluding ortho intramolecular Hbond substituents is 1. The number of aromatic hydroxyl groups is 1. The van der Waals surface area contributed by atoms with Crippen LogP contribution in [0, 0.1) is 11.8 Å². The van der Waals surface area contributed by atoms with Gasteiger partial charge in [0.15, 0.2) is 5.78 Å². The highest BCUT2D eigenvalue weighted by Crippen LogP contribution is 2.44. The van der Waals surface area contributed by atoms with Crippen LogP contribution in [0.15, 0.2) is 41.0 Å². The van der Waals surface area contributed by atoms with Crippen LogP contribution in [0.2, 0.25) is 0 Å². The number of hydrogen-bond donors (Lipinski definition) is 1. The lowest BCUT2D eigenvalue weighted by Gasteiger charge is -2.18. The molecule has 0 fully saturated rings. The molecule has 1 aromatic rings. The van der Waals surface area contributed by atoms with Gasteiger partial charge < -0.3 is 9.84 Å². The monoisotopic (exact) mass is 312 g/mol. The zero-order valence-electron chi connectivity index (χ0n) is 14.1. The molecule has 0 aromatic heterocycles. The molecule has 3 rings (SSSR count). The Balaban J connectivity index is 2.04. The molecule has 0 saturated carbocycles. The lowest BCUT2D eigenvalue weighted by atomic mass is 9.86. The topological polar surface area (TPSA) is 46.5 Å². The first-order valence-electron chi connectivity index (χ1n) is 8.34. The number of carbonyl (C=O) groups excluding carboxylic acids is 1. The first kappa shape index (κ1) is 15.9. The number of hydrogen-bond acceptors (Lipinski definition) is 3. The lowest BCUT2D eigenvalue weighted by molar-refractivity contribution is 0.102. The average molecular weight is 312 g/mol. The minimum atomic E-state index is -0.0406. The predicted octanol–water partition coefficient (Wildman–Crippen LogP) is 4.67. The molecule has 0 saturated heterocycles. The van der Waals surface area contributed by atoms with E-state index in [1.165, 1.54) is 17.2 Å². The molecule has 0 heterocycles. The molecular formula is C20H24O3. The molecule has 1 aromatic carbocycles. The Hall–Kier alpha value is -2.03. The Morgan fingerprint density at radius 1 is 1.30 bits per heavy atom. The molecule has 2 aliphatic carbocycles. The normalized spacial score (nSPS) is 24.0. The zero-order valence-corrected chi connectivity index (χ0v) is 14.1. The maximum atomic E-state index is 13.1. The average Bonchev–Trinajstić information content (AvgIpc) is 3.12. The molecule has 3 nitrogen and oxygen atoms in total. The van der Waals surface area contributed by atoms with Gasteiger partial charge in [0.25, 0.3) is 0 Å². The van der Waals surface area contributed by atoms with Crippen LogP contribution in [0.3, 0.4) is 0 Å². The number of benzene rings is 1. The molecule has 1 N–H and O–H groups in total. The molecule has 0 aliphatic heterocycles. The van der Waals surface area contributed by atoms with Crippen LogP contribution in [-0.4, -0.2) is 18.0 Å². The molecule has 122 valence electrons. The van der Waals surface area contributed by atoms with Gasteiger partial charge >= 0.3 is 0 Å². The van der Waals surface area contributed by atoms with Gasteiger partial charge in [0, 0.05) is 11.5 Å². The van der Waals surface area contributed by atoms with Crippen LogP contribution in [-0.2, 0) is 0 Å². The molecule has 0 spiro atoms. The van der Waals surface area contributed by atoms with Crippen molar-refractivity contribution in [3.8, 4) is 11.5 Å². The van der Waals surface area contributed by atoms with Crippen LogP contribution in [0.5, 0.6) is 11.5 Å². The largest absolute Gasteiger partial charge is 0.507 e. The second-order valence-electron chi connectivity index (χ2n) is 6.67. The Morgan fingerprint density at radius 3 is 2.74 bits per heavy atom. The standard InChI is InChI=1S/C20H24O3/c1-12-5-4-6-15(12)16-9-7-13(2)19(16)20(22)17-11-14(23-3)8-10-18(17)21/h5,8,10-11,13,15,21H,4,6-7,9H2,1-3H3/t13-,15?/m0/s1. The molecule has 23 heavy (non-hydrogen) atoms. The Labute approximate surface area is 137 Å². The summed E-state index contributed by atoms with van der Waals surface area (Å²) in [5.41, 5.74) is 3.93. The van der Waals surface area contributed by atoms with E-state index in [1.54, 1.807) is 19.2 Å². The number of Topliss-reactive ketones (excluding diaryl/α,β-unsaturated/α-hetero) is 1. The highest BCUT2D eigenvalue weighted by atomic mass is 16.5. The molecule has 1 unspecified atom stereocenters. The van der Waals surface area contributed by atoms with Gasteiger partial charge in [-0.25, -0.2) is 0 Å². The van der Waals surface area contributed by atoms with E-state index in [4.69, 9.17) is 4.74 Å². The summed E-state index contributed by atoms with van der Waals surface area (Å²) in [5.74, 6) is 1.24. The summed E-state index contributed by atoms with van der Waals surface area (Å²) >= 11 is 0. The van der Waals surface area contributed by atoms with Gasteiger partial charge in [-0.05, 0) is 56.7 Å². The summed E-state index contributed by atoms with van der Waals surface area (Å²) in [7, 11) is 1.57. The number of ketones is 1. The first-order valence-corrected chi connectivity index (χ1v) is 8.34. The van der Waals surface area contributed by atoms with Crippen molar-refractivity contribution in [2.75, 3.05) is 7.11 Å². The maximum absolute atomic E-state index is 13.1. The molecule has 0 radical (unpaired) electrons. The highest BCUT2D eigenvalue weighted by Gasteiger charge is 2.34. The Kier molecular flexibility index (Phi) is 4.29. The zero-order chi connectivity index (χ0) is 16.6. The number of phenols is 1. The van der Waals surface area contributed by atoms with Gasteiger partial charge in [-0.15, -0.1) is 0 Å². The number of allylic oxidation sites excluding steroid dienone is 4. The fraction of sp³-hybridized carbons (Fsp3) is 0.450. The van der Waals surface area contributed by atoms with Crippen LogP contribution >= 0.6 is 0 Å². The van der Waals surface area contributed by atoms with E-state index in [0.29, 0.717) is 17.2 Å². The van der Waals surface area contributed by atoms with Crippen LogP contribution < -0.4 is 4.74 Å². The summed E-state index contributed by atoms with van der Waals surface area (Å²) < 4.78 is 5.20. The summed E-state index contributed by atoms with van der Waals surface area (Å²) in [5, 5.41) is 10.1. The van der Waals surface area contributed by atoms with Crippen molar-refractivity contribution in [1.29, 1.82) is 0 Å². The van der Waals surface area contributed by atoms with Crippen molar-refractivity contribution < 1.29 is 14.6 Å². The highest BCUT2D eigenvalue weighted by molar-refractivity contribution is 6.11. The maximum Gasteiger partial charge on any atom is 0.193 e. The third kappa shape index (κ3) is 2.80. The summed E-state index contributed by atoms with van der Waals surface area (Å²) in [6.07, 6.45) is 6.49. The molecule has 0 bridgehead atoms. The molecule has 2 aliphatic rings. The lowest BCUT2D eigenvalue weighted by Crippen LogP contribution is -2.12. The van der Waals surface area contributed by atoms with Crippen molar-refractivity contribution in [3.05, 3.63) is 46.6 Å². The molecule has 0 amide bonds. The molecular weight excluding hydrogens is 288 g/mol. The van der Waals surface area contributed by atoms with E-state index in [1.807, 2.05) is 0 Å². The van der Waals surface area contributed by atoms with E-state index in [0.717, 1.165) is 31.3 Å². The SMILES string of the molecule is COc1ccc(O)c(C(=O)C2=C(C3CCC=C3C)CC[C@@H]2C)c1. The third-order valence-electron chi connectivity index (χ3n) is 5.27. The van der Waals surface area contributed by atoms with E-state index in [-0.39, 0.29) is 17.5 Å². The van der Waals surface area contributed by atoms with Crippen molar-refractivity contribution in [3.63, 3.8) is 0 Å². The number of rotatable bonds is 4. The van der Waals surface area contributed by atoms with Gasteiger partial charge in [0.1, 0.15) is 11.5 Å². The van der Waals surface area contributed by atoms with Gasteiger partial charge in [0.05, 0.1) is 12.7 Å². The second-order valence-corrected chi connectivity index (χ2v) is 6.67. The van der Waals surface area contributed by atoms with E-state index < -0.39 is 0 Å². The number of methoxy groups -OCH3 is 1. The third-order valence-corrected chi connectivity index (χ3v) is 5.27. The van der Waals surface area contributed by atoms with Crippen LogP contribution in [0.1, 0.15) is 49.9 Å². The number of carbonyl (C=O) groups is 1. The van der Waals surface area contributed by atoms with Crippen molar-refractivity contribution in [2.24, 2.45) is 11.8 Å². The van der Waals surface area contributed by atoms with Crippen LogP contribution in [0.4, 0.5) is 0 Å². The fourth-order valence-electron chi connectivity index (χ4n) is 3.96. The van der Waals surface area contributed by atoms with Crippen LogP contribution in [0.25, 0.3) is 0 Å². The molecule has 3 heteroatoms. The van der Waals surface area contributed by atoms with E-state index >= 15 is 0 Å². The second kappa shape index (κ2) is 6.23. The summed E-state index contributed by atoms with van der Waals surface area (Å²) in [6, 6.07) is 4.85.